The Labute approximate surface area is 69.9 Å². The Morgan fingerprint density at radius 3 is 1.56 bits per heavy atom. The molecule has 0 aliphatic heterocycles. The summed E-state index contributed by atoms with van der Waals surface area (Å²) in [5, 5.41) is 3.02. The summed E-state index contributed by atoms with van der Waals surface area (Å²) >= 11 is 10.7. The van der Waals surface area contributed by atoms with E-state index in [1.54, 1.807) is 0 Å². The third-order valence-electron chi connectivity index (χ3n) is 0.543. The zero-order valence-electron chi connectivity index (χ0n) is 5.50. The minimum atomic E-state index is 0. The Kier molecular flexibility index (Phi) is 29.3. The summed E-state index contributed by atoms with van der Waals surface area (Å²) in [6.07, 6.45) is 0. The van der Waals surface area contributed by atoms with Gasteiger partial charge in [-0.2, -0.15) is 9.90 Å². The maximum absolute atomic E-state index is 5.33. The van der Waals surface area contributed by atoms with Gasteiger partial charge >= 0.3 is 0 Å². The fourth-order valence-corrected chi connectivity index (χ4v) is 0.526. The second-order valence-corrected chi connectivity index (χ2v) is 1.88. The highest BCUT2D eigenvalue weighted by molar-refractivity contribution is 6.92. The van der Waals surface area contributed by atoms with Crippen molar-refractivity contribution in [2.75, 3.05) is 24.8 Å². The molecule has 0 aromatic rings. The third-order valence-corrected chi connectivity index (χ3v) is 0.921. The van der Waals surface area contributed by atoms with Gasteiger partial charge in [0.2, 0.25) is 0 Å². The Balaban J connectivity index is -0.000000180. The zero-order valence-corrected chi connectivity index (χ0v) is 8.42. The first-order valence-electron chi connectivity index (χ1n) is 2.24. The summed E-state index contributed by atoms with van der Waals surface area (Å²) in [6.45, 7) is 1.71. The second-order valence-electron chi connectivity index (χ2n) is 1.13. The minimum Gasteiger partial charge on any atom is -0.344 e. The van der Waals surface area contributed by atoms with E-state index in [1.807, 2.05) is 0 Å². The molecule has 0 fully saturated rings. The van der Waals surface area contributed by atoms with Gasteiger partial charge in [-0.15, -0.1) is 23.2 Å². The van der Waals surface area contributed by atoms with E-state index < -0.39 is 0 Å². The van der Waals surface area contributed by atoms with E-state index in [-0.39, 0.29) is 16.0 Å². The van der Waals surface area contributed by atoms with Gasteiger partial charge in [0.15, 0.2) is 0 Å². The molecule has 0 amide bonds. The van der Waals surface area contributed by atoms with E-state index in [9.17, 15) is 0 Å². The van der Waals surface area contributed by atoms with E-state index in [4.69, 9.17) is 23.2 Å². The van der Waals surface area contributed by atoms with Crippen LogP contribution in [0.25, 0.3) is 0 Å². The lowest BCUT2D eigenvalue weighted by molar-refractivity contribution is 0.770. The van der Waals surface area contributed by atoms with Crippen LogP contribution in [0, 0.1) is 0 Å². The lowest BCUT2D eigenvalue weighted by Crippen LogP contribution is -2.18. The van der Waals surface area contributed by atoms with Crippen LogP contribution in [0.4, 0.5) is 0 Å². The summed E-state index contributed by atoms with van der Waals surface area (Å²) in [5.41, 5.74) is 0. The van der Waals surface area contributed by atoms with Gasteiger partial charge in [-0.3, -0.25) is 0 Å². The Morgan fingerprint density at radius 1 is 1.00 bits per heavy atom. The molecule has 2 nitrogen and oxygen atoms in total. The van der Waals surface area contributed by atoms with Gasteiger partial charge in [-0.25, -0.2) is 0 Å². The fourth-order valence-electron chi connectivity index (χ4n) is 0.259. The van der Waals surface area contributed by atoms with Gasteiger partial charge in [0.25, 0.3) is 0 Å². The van der Waals surface area contributed by atoms with Crippen molar-refractivity contribution >= 4 is 33.1 Å². The molecule has 0 radical (unpaired) electrons. The van der Waals surface area contributed by atoms with Crippen LogP contribution in [0.5, 0.6) is 0 Å². The molecule has 0 aromatic heterocycles. The Morgan fingerprint density at radius 2 is 1.33 bits per heavy atom. The van der Waals surface area contributed by atoms with Crippen molar-refractivity contribution in [3.05, 3.63) is 0 Å². The van der Waals surface area contributed by atoms with Gasteiger partial charge in [0.1, 0.15) is 0 Å². The van der Waals surface area contributed by atoms with Crippen molar-refractivity contribution in [1.82, 2.24) is 11.5 Å². The van der Waals surface area contributed by atoms with E-state index in [0.717, 1.165) is 13.1 Å². The maximum atomic E-state index is 5.33. The smallest absolute Gasteiger partial charge is 0.0348 e. The van der Waals surface area contributed by atoms with Crippen molar-refractivity contribution in [3.63, 3.8) is 0 Å². The molecule has 0 aromatic carbocycles. The first kappa shape index (κ1) is 16.5. The number of nitrogens with one attached hydrogen (secondary N) is 1. The van der Waals surface area contributed by atoms with Crippen molar-refractivity contribution in [2.24, 2.45) is 0 Å². The highest BCUT2D eigenvalue weighted by Gasteiger charge is 1.78. The average Bonchev–Trinajstić information content (AvgIpc) is 1.69. The largest absolute Gasteiger partial charge is 0.344 e. The standard InChI is InChI=1S/C4H9Cl2N.H3N.H3P/c5-1-3-7-4-2-6;;/h7H,1-4H2;2*1H3. The molecule has 60 valence electrons. The Hall–Kier alpha value is 0.930. The summed E-state index contributed by atoms with van der Waals surface area (Å²) in [7, 11) is 0. The molecule has 0 aliphatic rings. The topological polar surface area (TPSA) is 47.0 Å². The first-order valence-corrected chi connectivity index (χ1v) is 3.31. The zero-order chi connectivity index (χ0) is 5.54. The number of alkyl halides is 2. The number of hydrogen-bond acceptors (Lipinski definition) is 2. The average molecular weight is 193 g/mol. The second kappa shape index (κ2) is 16.0. The van der Waals surface area contributed by atoms with E-state index in [2.05, 4.69) is 5.32 Å². The number of halogens is 2. The summed E-state index contributed by atoms with van der Waals surface area (Å²) < 4.78 is 0. The third kappa shape index (κ3) is 17.6. The maximum Gasteiger partial charge on any atom is 0.0348 e. The molecule has 0 saturated heterocycles. The molecule has 0 bridgehead atoms. The van der Waals surface area contributed by atoms with Crippen LogP contribution in [0.2, 0.25) is 0 Å². The van der Waals surface area contributed by atoms with Crippen LogP contribution in [0.15, 0.2) is 0 Å². The minimum absolute atomic E-state index is 0. The molecule has 0 spiro atoms. The monoisotopic (exact) mass is 192 g/mol. The molecular formula is C4H15Cl2N2P. The van der Waals surface area contributed by atoms with Crippen LogP contribution in [-0.2, 0) is 0 Å². The highest BCUT2D eigenvalue weighted by atomic mass is 35.5. The lowest BCUT2D eigenvalue weighted by atomic mass is 10.7. The molecule has 4 N–H and O–H groups in total. The Bertz CT molecular complexity index is 35.7. The van der Waals surface area contributed by atoms with Gasteiger partial charge < -0.3 is 11.5 Å². The van der Waals surface area contributed by atoms with E-state index in [1.165, 1.54) is 0 Å². The lowest BCUT2D eigenvalue weighted by Gasteiger charge is -1.93. The van der Waals surface area contributed by atoms with Crippen molar-refractivity contribution in [2.45, 2.75) is 0 Å². The van der Waals surface area contributed by atoms with Gasteiger partial charge in [0, 0.05) is 24.8 Å². The van der Waals surface area contributed by atoms with Gasteiger partial charge in [-0.05, 0) is 0 Å². The van der Waals surface area contributed by atoms with Crippen molar-refractivity contribution < 1.29 is 0 Å². The van der Waals surface area contributed by atoms with Crippen LogP contribution in [0.1, 0.15) is 0 Å². The van der Waals surface area contributed by atoms with Crippen LogP contribution in [0.3, 0.4) is 0 Å². The molecule has 0 heterocycles. The molecule has 9 heavy (non-hydrogen) atoms. The molecular weight excluding hydrogens is 178 g/mol. The number of hydrogen-bond donors (Lipinski definition) is 2. The normalized spacial score (nSPS) is 7.33. The molecule has 0 saturated carbocycles. The van der Waals surface area contributed by atoms with E-state index >= 15 is 0 Å². The first-order chi connectivity index (χ1) is 3.41. The summed E-state index contributed by atoms with van der Waals surface area (Å²) in [5.74, 6) is 1.33. The van der Waals surface area contributed by atoms with Crippen molar-refractivity contribution in [3.8, 4) is 0 Å². The number of rotatable bonds is 4. The summed E-state index contributed by atoms with van der Waals surface area (Å²) in [6, 6.07) is 0. The molecule has 1 unspecified atom stereocenters. The fraction of sp³-hybridized carbons (Fsp3) is 1.00. The molecule has 5 heteroatoms. The van der Waals surface area contributed by atoms with Crippen LogP contribution < -0.4 is 11.5 Å². The highest BCUT2D eigenvalue weighted by Crippen LogP contribution is 1.71. The predicted octanol–water partition coefficient (Wildman–Crippen LogP) is 1.27. The molecule has 0 aliphatic carbocycles. The van der Waals surface area contributed by atoms with Crippen LogP contribution in [-0.4, -0.2) is 24.8 Å². The van der Waals surface area contributed by atoms with Gasteiger partial charge in [0.05, 0.1) is 0 Å². The van der Waals surface area contributed by atoms with Gasteiger partial charge in [-0.1, -0.05) is 0 Å². The molecule has 1 atom stereocenters. The van der Waals surface area contributed by atoms with E-state index in [0.29, 0.717) is 11.8 Å². The van der Waals surface area contributed by atoms with Crippen molar-refractivity contribution in [1.29, 1.82) is 0 Å². The predicted molar refractivity (Wildman–Crippen MR) is 50.4 cm³/mol. The quantitative estimate of drug-likeness (QED) is 0.401. The SMILES string of the molecule is ClCCNCCCl.N.P. The summed E-state index contributed by atoms with van der Waals surface area (Å²) in [4.78, 5) is 0. The molecule has 0 rings (SSSR count). The van der Waals surface area contributed by atoms with Crippen LogP contribution >= 0.6 is 33.1 Å².